The first kappa shape index (κ1) is 15.0. The third-order valence-corrected chi connectivity index (χ3v) is 6.03. The Morgan fingerprint density at radius 1 is 1.19 bits per heavy atom. The molecule has 1 unspecified atom stereocenters. The Bertz CT molecular complexity index is 558. The summed E-state index contributed by atoms with van der Waals surface area (Å²) in [5.41, 5.74) is 0. The minimum Gasteiger partial charge on any atom is -0.377 e. The lowest BCUT2D eigenvalue weighted by molar-refractivity contribution is 0.127. The first-order valence-corrected chi connectivity index (χ1v) is 9.54. The van der Waals surface area contributed by atoms with Crippen molar-refractivity contribution in [2.45, 2.75) is 62.6 Å². The third-order valence-electron chi connectivity index (χ3n) is 4.48. The maximum atomic E-state index is 12.2. The summed E-state index contributed by atoms with van der Waals surface area (Å²) in [6.07, 6.45) is 8.61. The van der Waals surface area contributed by atoms with Crippen molar-refractivity contribution in [2.75, 3.05) is 12.4 Å². The van der Waals surface area contributed by atoms with E-state index in [0.717, 1.165) is 31.6 Å². The van der Waals surface area contributed by atoms with Gasteiger partial charge in [0.05, 0.1) is 11.9 Å². The lowest BCUT2D eigenvalue weighted by Crippen LogP contribution is -2.21. The van der Waals surface area contributed by atoms with Crippen molar-refractivity contribution in [3.8, 4) is 0 Å². The van der Waals surface area contributed by atoms with E-state index < -0.39 is 9.84 Å². The lowest BCUT2D eigenvalue weighted by Gasteiger charge is -2.07. The molecule has 6 nitrogen and oxygen atoms in total. The van der Waals surface area contributed by atoms with Crippen LogP contribution in [0.15, 0.2) is 5.16 Å². The van der Waals surface area contributed by atoms with E-state index in [2.05, 4.69) is 15.2 Å². The highest BCUT2D eigenvalue weighted by Gasteiger charge is 2.28. The molecular weight excluding hydrogens is 290 g/mol. The highest BCUT2D eigenvalue weighted by Crippen LogP contribution is 2.28. The zero-order chi connectivity index (χ0) is 14.7. The molecule has 1 aliphatic carbocycles. The predicted octanol–water partition coefficient (Wildman–Crippen LogP) is 1.88. The molecule has 21 heavy (non-hydrogen) atoms. The highest BCUT2D eigenvalue weighted by atomic mass is 32.2. The number of nitrogens with one attached hydrogen (secondary N) is 1. The molecular formula is C14H23N3O3S. The summed E-state index contributed by atoms with van der Waals surface area (Å²) in [5.74, 6) is 1.45. The van der Waals surface area contributed by atoms with Crippen LogP contribution >= 0.6 is 0 Å². The molecule has 0 radical (unpaired) electrons. The van der Waals surface area contributed by atoms with Crippen molar-refractivity contribution in [3.05, 3.63) is 5.82 Å². The number of aryl methyl sites for hydroxylation is 1. The second-order valence-electron chi connectivity index (χ2n) is 6.17. The second-order valence-corrected chi connectivity index (χ2v) is 8.10. The summed E-state index contributed by atoms with van der Waals surface area (Å²) >= 11 is 0. The normalized spacial score (nSPS) is 23.9. The van der Waals surface area contributed by atoms with E-state index in [4.69, 9.17) is 4.74 Å². The summed E-state index contributed by atoms with van der Waals surface area (Å²) in [6.45, 7) is 0.654. The van der Waals surface area contributed by atoms with Crippen molar-refractivity contribution in [1.82, 2.24) is 15.2 Å². The average Bonchev–Trinajstić information content (AvgIpc) is 3.19. The number of aromatic amines is 1. The quantitative estimate of drug-likeness (QED) is 0.866. The average molecular weight is 313 g/mol. The fourth-order valence-corrected chi connectivity index (χ4v) is 4.60. The van der Waals surface area contributed by atoms with Crippen LogP contribution in [0.25, 0.3) is 0 Å². The number of rotatable bonds is 6. The highest BCUT2D eigenvalue weighted by molar-refractivity contribution is 7.91. The molecule has 3 rings (SSSR count). The van der Waals surface area contributed by atoms with Crippen LogP contribution in [-0.4, -0.2) is 42.1 Å². The summed E-state index contributed by atoms with van der Waals surface area (Å²) < 4.78 is 29.9. The van der Waals surface area contributed by atoms with Gasteiger partial charge in [-0.15, -0.1) is 5.10 Å². The van der Waals surface area contributed by atoms with Gasteiger partial charge in [-0.2, -0.15) is 0 Å². The maximum absolute atomic E-state index is 12.2. The van der Waals surface area contributed by atoms with E-state index in [1.165, 1.54) is 25.7 Å². The van der Waals surface area contributed by atoms with Gasteiger partial charge >= 0.3 is 0 Å². The molecule has 118 valence electrons. The van der Waals surface area contributed by atoms with E-state index >= 15 is 0 Å². The smallest absolute Gasteiger partial charge is 0.266 e. The van der Waals surface area contributed by atoms with Crippen LogP contribution in [-0.2, 0) is 21.0 Å². The van der Waals surface area contributed by atoms with Crippen LogP contribution in [0.5, 0.6) is 0 Å². The summed E-state index contributed by atoms with van der Waals surface area (Å²) in [5, 5.41) is 6.61. The largest absolute Gasteiger partial charge is 0.377 e. The van der Waals surface area contributed by atoms with E-state index in [1.807, 2.05) is 0 Å². The molecule has 1 aliphatic heterocycles. The number of hydrogen-bond donors (Lipinski definition) is 1. The second kappa shape index (κ2) is 6.44. The summed E-state index contributed by atoms with van der Waals surface area (Å²) in [4.78, 5) is 4.17. The molecule has 0 amide bonds. The minimum atomic E-state index is -3.44. The Morgan fingerprint density at radius 3 is 2.71 bits per heavy atom. The lowest BCUT2D eigenvalue weighted by atomic mass is 10.0. The third kappa shape index (κ3) is 3.83. The molecule has 2 aliphatic rings. The van der Waals surface area contributed by atoms with Crippen molar-refractivity contribution >= 4 is 9.84 Å². The van der Waals surface area contributed by atoms with Gasteiger partial charge in [0.2, 0.25) is 9.84 Å². The number of nitrogens with zero attached hydrogens (tertiary/aromatic N) is 2. The van der Waals surface area contributed by atoms with Gasteiger partial charge < -0.3 is 4.74 Å². The number of aromatic nitrogens is 3. The van der Waals surface area contributed by atoms with Crippen LogP contribution in [0.3, 0.4) is 0 Å². The monoisotopic (exact) mass is 313 g/mol. The summed E-state index contributed by atoms with van der Waals surface area (Å²) in [7, 11) is -3.44. The number of hydrogen-bond acceptors (Lipinski definition) is 5. The fraction of sp³-hybridized carbons (Fsp3) is 0.857. The molecule has 1 saturated carbocycles. The SMILES string of the molecule is O=S(=O)(CC1CCCO1)c1n[nH]c(CCC2CCCC2)n1. The van der Waals surface area contributed by atoms with Crippen LogP contribution < -0.4 is 0 Å². The molecule has 2 fully saturated rings. The zero-order valence-electron chi connectivity index (χ0n) is 12.3. The van der Waals surface area contributed by atoms with E-state index in [1.54, 1.807) is 0 Å². The van der Waals surface area contributed by atoms with Crippen LogP contribution in [0, 0.1) is 5.92 Å². The van der Waals surface area contributed by atoms with E-state index in [-0.39, 0.29) is 17.0 Å². The molecule has 1 N–H and O–H groups in total. The maximum Gasteiger partial charge on any atom is 0.266 e. The van der Waals surface area contributed by atoms with Crippen molar-refractivity contribution in [3.63, 3.8) is 0 Å². The van der Waals surface area contributed by atoms with Gasteiger partial charge in [-0.25, -0.2) is 13.4 Å². The van der Waals surface area contributed by atoms with Gasteiger partial charge in [-0.05, 0) is 25.2 Å². The molecule has 7 heteroatoms. The molecule has 1 saturated heterocycles. The van der Waals surface area contributed by atoms with Gasteiger partial charge in [0.25, 0.3) is 5.16 Å². The van der Waals surface area contributed by atoms with Crippen LogP contribution in [0.2, 0.25) is 0 Å². The Labute approximate surface area is 125 Å². The van der Waals surface area contributed by atoms with Gasteiger partial charge in [-0.3, -0.25) is 5.10 Å². The number of H-pyrrole nitrogens is 1. The Hall–Kier alpha value is -0.950. The summed E-state index contributed by atoms with van der Waals surface area (Å²) in [6, 6.07) is 0. The van der Waals surface area contributed by atoms with Gasteiger partial charge in [-0.1, -0.05) is 25.7 Å². The van der Waals surface area contributed by atoms with Gasteiger partial charge in [0.1, 0.15) is 5.82 Å². The van der Waals surface area contributed by atoms with Crippen molar-refractivity contribution < 1.29 is 13.2 Å². The molecule has 1 aromatic rings. The predicted molar refractivity (Wildman–Crippen MR) is 77.7 cm³/mol. The Balaban J connectivity index is 1.57. The molecule has 0 spiro atoms. The molecule has 1 aromatic heterocycles. The molecule has 1 atom stereocenters. The first-order chi connectivity index (χ1) is 10.1. The first-order valence-electron chi connectivity index (χ1n) is 7.89. The minimum absolute atomic E-state index is 0.00703. The Kier molecular flexibility index (Phi) is 4.59. The van der Waals surface area contributed by atoms with E-state index in [0.29, 0.717) is 12.4 Å². The standard InChI is InChI=1S/C14H23N3O3S/c18-21(19,10-12-6-3-9-20-12)14-15-13(16-17-14)8-7-11-4-1-2-5-11/h11-12H,1-10H2,(H,15,16,17). The van der Waals surface area contributed by atoms with E-state index in [9.17, 15) is 8.42 Å². The van der Waals surface area contributed by atoms with Crippen molar-refractivity contribution in [2.24, 2.45) is 5.92 Å². The number of ether oxygens (including phenoxy) is 1. The fourth-order valence-electron chi connectivity index (χ4n) is 3.26. The molecule has 2 heterocycles. The molecule has 0 aromatic carbocycles. The van der Waals surface area contributed by atoms with Crippen molar-refractivity contribution in [1.29, 1.82) is 0 Å². The molecule has 0 bridgehead atoms. The topological polar surface area (TPSA) is 84.9 Å². The van der Waals surface area contributed by atoms with Crippen LogP contribution in [0.4, 0.5) is 0 Å². The Morgan fingerprint density at radius 2 is 2.00 bits per heavy atom. The zero-order valence-corrected chi connectivity index (χ0v) is 13.1. The van der Waals surface area contributed by atoms with Crippen LogP contribution in [0.1, 0.15) is 50.8 Å². The number of sulfone groups is 1. The van der Waals surface area contributed by atoms with Gasteiger partial charge in [0.15, 0.2) is 0 Å². The van der Waals surface area contributed by atoms with Gasteiger partial charge in [0, 0.05) is 13.0 Å².